The van der Waals surface area contributed by atoms with Gasteiger partial charge in [-0.05, 0) is 35.9 Å². The first-order chi connectivity index (χ1) is 13.1. The van der Waals surface area contributed by atoms with Crippen LogP contribution in [0.1, 0.15) is 40.7 Å². The molecule has 5 nitrogen and oxygen atoms in total. The number of nitrogens with one attached hydrogen (secondary N) is 1. The maximum atomic E-state index is 12.8. The lowest BCUT2D eigenvalue weighted by Crippen LogP contribution is -2.22. The van der Waals surface area contributed by atoms with E-state index >= 15 is 0 Å². The standard InChI is InChI=1S/C21H20N4OS/c1-14(2)21-24-17(13-27-21)19-11-16(18-5-3-4-10-25(18)19)20(26)23-12-15-6-8-22-9-7-15/h3-11,13-14H,12H2,1-2H3,(H,23,26). The minimum Gasteiger partial charge on any atom is -0.348 e. The second-order valence-corrected chi connectivity index (χ2v) is 7.55. The number of aromatic nitrogens is 3. The van der Waals surface area contributed by atoms with Gasteiger partial charge in [-0.15, -0.1) is 11.3 Å². The molecular weight excluding hydrogens is 356 g/mol. The molecule has 0 saturated heterocycles. The highest BCUT2D eigenvalue weighted by Gasteiger charge is 2.18. The van der Waals surface area contributed by atoms with Gasteiger partial charge in [0.2, 0.25) is 0 Å². The number of hydrogen-bond acceptors (Lipinski definition) is 4. The molecule has 0 saturated carbocycles. The third-order valence-electron chi connectivity index (χ3n) is 4.40. The Labute approximate surface area is 161 Å². The van der Waals surface area contributed by atoms with E-state index < -0.39 is 0 Å². The molecule has 0 fully saturated rings. The van der Waals surface area contributed by atoms with Crippen molar-refractivity contribution in [3.63, 3.8) is 0 Å². The smallest absolute Gasteiger partial charge is 0.253 e. The molecule has 0 aliphatic carbocycles. The maximum Gasteiger partial charge on any atom is 0.253 e. The number of thiazole rings is 1. The third-order valence-corrected chi connectivity index (χ3v) is 5.55. The Morgan fingerprint density at radius 3 is 2.78 bits per heavy atom. The van der Waals surface area contributed by atoms with E-state index in [1.165, 1.54) is 0 Å². The molecule has 1 N–H and O–H groups in total. The van der Waals surface area contributed by atoms with Gasteiger partial charge in [-0.2, -0.15) is 0 Å². The van der Waals surface area contributed by atoms with Crippen molar-refractivity contribution in [1.82, 2.24) is 19.7 Å². The van der Waals surface area contributed by atoms with Gasteiger partial charge in [-0.3, -0.25) is 9.78 Å². The van der Waals surface area contributed by atoms with Crippen LogP contribution in [0.2, 0.25) is 0 Å². The fourth-order valence-electron chi connectivity index (χ4n) is 2.98. The molecular formula is C21H20N4OS. The average molecular weight is 376 g/mol. The molecule has 0 bridgehead atoms. The first kappa shape index (κ1) is 17.4. The predicted molar refractivity (Wildman–Crippen MR) is 108 cm³/mol. The van der Waals surface area contributed by atoms with Crippen LogP contribution in [0.4, 0.5) is 0 Å². The summed E-state index contributed by atoms with van der Waals surface area (Å²) in [6.07, 6.45) is 5.42. The van der Waals surface area contributed by atoms with E-state index in [0.29, 0.717) is 18.0 Å². The van der Waals surface area contributed by atoms with Crippen molar-refractivity contribution in [2.45, 2.75) is 26.3 Å². The Morgan fingerprint density at radius 1 is 1.22 bits per heavy atom. The van der Waals surface area contributed by atoms with Crippen LogP contribution in [0.15, 0.2) is 60.4 Å². The second kappa shape index (κ2) is 7.32. The lowest BCUT2D eigenvalue weighted by molar-refractivity contribution is 0.0952. The molecule has 136 valence electrons. The van der Waals surface area contributed by atoms with Gasteiger partial charge in [0.15, 0.2) is 0 Å². The van der Waals surface area contributed by atoms with Crippen LogP contribution in [0.3, 0.4) is 0 Å². The highest BCUT2D eigenvalue weighted by molar-refractivity contribution is 7.10. The predicted octanol–water partition coefficient (Wildman–Crippen LogP) is 4.51. The number of hydrogen-bond donors (Lipinski definition) is 1. The van der Waals surface area contributed by atoms with Crippen molar-refractivity contribution >= 4 is 22.8 Å². The van der Waals surface area contributed by atoms with Crippen molar-refractivity contribution in [3.8, 4) is 11.4 Å². The molecule has 0 radical (unpaired) electrons. The molecule has 4 rings (SSSR count). The van der Waals surface area contributed by atoms with Crippen LogP contribution in [-0.2, 0) is 6.54 Å². The van der Waals surface area contributed by atoms with Crippen LogP contribution in [-0.4, -0.2) is 20.3 Å². The summed E-state index contributed by atoms with van der Waals surface area (Å²) in [6.45, 7) is 4.74. The van der Waals surface area contributed by atoms with E-state index in [4.69, 9.17) is 4.98 Å². The van der Waals surface area contributed by atoms with Crippen molar-refractivity contribution in [2.75, 3.05) is 0 Å². The van der Waals surface area contributed by atoms with Crippen LogP contribution >= 0.6 is 11.3 Å². The molecule has 4 aromatic rings. The van der Waals surface area contributed by atoms with E-state index in [9.17, 15) is 4.79 Å². The fourth-order valence-corrected chi connectivity index (χ4v) is 3.81. The number of carbonyl (C=O) groups excluding carboxylic acids is 1. The van der Waals surface area contributed by atoms with Crippen LogP contribution < -0.4 is 5.32 Å². The molecule has 4 heterocycles. The van der Waals surface area contributed by atoms with Crippen LogP contribution in [0.25, 0.3) is 16.9 Å². The van der Waals surface area contributed by atoms with E-state index in [2.05, 4.69) is 29.5 Å². The number of carbonyl (C=O) groups is 1. The van der Waals surface area contributed by atoms with Crippen molar-refractivity contribution in [2.24, 2.45) is 0 Å². The number of amides is 1. The topological polar surface area (TPSA) is 59.3 Å². The Bertz CT molecular complexity index is 1080. The van der Waals surface area contributed by atoms with Gasteiger partial charge in [-0.25, -0.2) is 4.98 Å². The average Bonchev–Trinajstić information content (AvgIpc) is 3.32. The number of fused-ring (bicyclic) bond motifs is 1. The summed E-state index contributed by atoms with van der Waals surface area (Å²) in [6, 6.07) is 11.6. The number of pyridine rings is 2. The number of rotatable bonds is 5. The summed E-state index contributed by atoms with van der Waals surface area (Å²) in [4.78, 5) is 21.6. The van der Waals surface area contributed by atoms with Gasteiger partial charge in [0.25, 0.3) is 5.91 Å². The van der Waals surface area contributed by atoms with Gasteiger partial charge in [0.05, 0.1) is 27.5 Å². The second-order valence-electron chi connectivity index (χ2n) is 6.66. The zero-order valence-corrected chi connectivity index (χ0v) is 16.0. The molecule has 0 aliphatic rings. The van der Waals surface area contributed by atoms with Crippen molar-refractivity contribution in [3.05, 3.63) is 76.5 Å². The lowest BCUT2D eigenvalue weighted by Gasteiger charge is -2.04. The Kier molecular flexibility index (Phi) is 4.73. The van der Waals surface area contributed by atoms with Gasteiger partial charge in [-0.1, -0.05) is 19.9 Å². The molecule has 0 aromatic carbocycles. The van der Waals surface area contributed by atoms with Crippen LogP contribution in [0.5, 0.6) is 0 Å². The zero-order chi connectivity index (χ0) is 18.8. The van der Waals surface area contributed by atoms with E-state index in [-0.39, 0.29) is 5.91 Å². The Hall–Kier alpha value is -2.99. The molecule has 0 spiro atoms. The summed E-state index contributed by atoms with van der Waals surface area (Å²) in [5, 5.41) is 6.15. The SMILES string of the molecule is CC(C)c1nc(-c2cc(C(=O)NCc3ccncc3)c3ccccn23)cs1. The van der Waals surface area contributed by atoms with E-state index in [1.54, 1.807) is 23.7 Å². The van der Waals surface area contributed by atoms with E-state index in [0.717, 1.165) is 27.5 Å². The summed E-state index contributed by atoms with van der Waals surface area (Å²) in [5.41, 5.74) is 4.38. The number of nitrogens with zero attached hydrogens (tertiary/aromatic N) is 3. The zero-order valence-electron chi connectivity index (χ0n) is 15.2. The third kappa shape index (κ3) is 3.48. The van der Waals surface area contributed by atoms with Gasteiger partial charge < -0.3 is 9.72 Å². The van der Waals surface area contributed by atoms with Crippen molar-refractivity contribution < 1.29 is 4.79 Å². The molecule has 1 amide bonds. The van der Waals surface area contributed by atoms with Crippen LogP contribution in [0, 0.1) is 0 Å². The first-order valence-electron chi connectivity index (χ1n) is 8.86. The summed E-state index contributed by atoms with van der Waals surface area (Å²) >= 11 is 1.66. The lowest BCUT2D eigenvalue weighted by atomic mass is 10.2. The van der Waals surface area contributed by atoms with Gasteiger partial charge >= 0.3 is 0 Å². The molecule has 0 atom stereocenters. The summed E-state index contributed by atoms with van der Waals surface area (Å²) in [7, 11) is 0. The minimum atomic E-state index is -0.0962. The fraction of sp³-hybridized carbons (Fsp3) is 0.190. The normalized spacial score (nSPS) is 11.2. The monoisotopic (exact) mass is 376 g/mol. The molecule has 0 aliphatic heterocycles. The van der Waals surface area contributed by atoms with Gasteiger partial charge in [0, 0.05) is 36.4 Å². The summed E-state index contributed by atoms with van der Waals surface area (Å²) in [5.74, 6) is 0.291. The van der Waals surface area contributed by atoms with Crippen molar-refractivity contribution in [1.29, 1.82) is 0 Å². The highest BCUT2D eigenvalue weighted by Crippen LogP contribution is 2.29. The Morgan fingerprint density at radius 2 is 2.04 bits per heavy atom. The molecule has 6 heteroatoms. The molecule has 27 heavy (non-hydrogen) atoms. The summed E-state index contributed by atoms with van der Waals surface area (Å²) < 4.78 is 2.03. The molecule has 0 unspecified atom stereocenters. The Balaban J connectivity index is 1.68. The largest absolute Gasteiger partial charge is 0.348 e. The van der Waals surface area contributed by atoms with E-state index in [1.807, 2.05) is 47.0 Å². The highest BCUT2D eigenvalue weighted by atomic mass is 32.1. The maximum absolute atomic E-state index is 12.8. The van der Waals surface area contributed by atoms with Gasteiger partial charge in [0.1, 0.15) is 0 Å². The quantitative estimate of drug-likeness (QED) is 0.557. The first-order valence-corrected chi connectivity index (χ1v) is 9.74. The minimum absolute atomic E-state index is 0.0962. The molecule has 4 aromatic heterocycles.